The van der Waals surface area contributed by atoms with Crippen molar-refractivity contribution in [2.75, 3.05) is 14.2 Å². The molecule has 0 unspecified atom stereocenters. The van der Waals surface area contributed by atoms with E-state index < -0.39 is 0 Å². The molecule has 0 aliphatic carbocycles. The SMILES string of the molecule is C=C/C=C\C(=N/C)c1ccc(-c2ccccc2Br)c(OC)c1. The van der Waals surface area contributed by atoms with Crippen molar-refractivity contribution in [1.82, 2.24) is 0 Å². The Morgan fingerprint density at radius 2 is 1.95 bits per heavy atom. The number of nitrogens with zero attached hydrogens (tertiary/aromatic N) is 1. The van der Waals surface area contributed by atoms with Crippen molar-refractivity contribution in [3.05, 3.63) is 77.3 Å². The smallest absolute Gasteiger partial charge is 0.127 e. The average molecular weight is 356 g/mol. The molecule has 2 nitrogen and oxygen atoms in total. The van der Waals surface area contributed by atoms with Crippen LogP contribution in [0.1, 0.15) is 5.56 Å². The molecule has 0 saturated heterocycles. The third kappa shape index (κ3) is 3.55. The molecule has 112 valence electrons. The maximum atomic E-state index is 5.57. The second kappa shape index (κ2) is 7.76. The highest BCUT2D eigenvalue weighted by molar-refractivity contribution is 9.10. The molecule has 0 aromatic heterocycles. The van der Waals surface area contributed by atoms with Gasteiger partial charge in [0, 0.05) is 22.6 Å². The first-order valence-corrected chi connectivity index (χ1v) is 7.69. The van der Waals surface area contributed by atoms with Gasteiger partial charge in [-0.25, -0.2) is 0 Å². The molecule has 0 aliphatic rings. The van der Waals surface area contributed by atoms with Gasteiger partial charge in [-0.15, -0.1) is 0 Å². The van der Waals surface area contributed by atoms with Crippen LogP contribution in [-0.4, -0.2) is 19.9 Å². The van der Waals surface area contributed by atoms with Crippen LogP contribution in [0.15, 0.2) is 76.7 Å². The Kier molecular flexibility index (Phi) is 5.73. The number of hydrogen-bond acceptors (Lipinski definition) is 2. The first-order chi connectivity index (χ1) is 10.7. The Bertz CT molecular complexity index is 732. The number of methoxy groups -OCH3 is 1. The molecular formula is C19H18BrNO. The number of rotatable bonds is 5. The molecule has 2 aromatic carbocycles. The zero-order chi connectivity index (χ0) is 15.9. The average Bonchev–Trinajstić information content (AvgIpc) is 2.56. The molecule has 0 aliphatic heterocycles. The summed E-state index contributed by atoms with van der Waals surface area (Å²) in [5, 5.41) is 0. The van der Waals surface area contributed by atoms with Gasteiger partial charge in [-0.2, -0.15) is 0 Å². The molecule has 0 radical (unpaired) electrons. The second-order valence-electron chi connectivity index (χ2n) is 4.60. The molecule has 3 heteroatoms. The van der Waals surface area contributed by atoms with E-state index in [-0.39, 0.29) is 0 Å². The van der Waals surface area contributed by atoms with E-state index in [9.17, 15) is 0 Å². The van der Waals surface area contributed by atoms with Crippen molar-refractivity contribution in [2.45, 2.75) is 0 Å². The van der Waals surface area contributed by atoms with Crippen LogP contribution in [0.4, 0.5) is 0 Å². The molecule has 0 saturated carbocycles. The van der Waals surface area contributed by atoms with Crippen LogP contribution in [0.3, 0.4) is 0 Å². The first-order valence-electron chi connectivity index (χ1n) is 6.90. The Morgan fingerprint density at radius 3 is 2.59 bits per heavy atom. The fourth-order valence-corrected chi connectivity index (χ4v) is 2.71. The van der Waals surface area contributed by atoms with E-state index in [2.05, 4.69) is 39.6 Å². The van der Waals surface area contributed by atoms with Gasteiger partial charge in [-0.1, -0.05) is 58.9 Å². The predicted molar refractivity (Wildman–Crippen MR) is 97.9 cm³/mol. The molecule has 2 aromatic rings. The number of allylic oxidation sites excluding steroid dienone is 3. The molecule has 0 fully saturated rings. The summed E-state index contributed by atoms with van der Waals surface area (Å²) in [7, 11) is 3.46. The van der Waals surface area contributed by atoms with Crippen molar-refractivity contribution in [3.63, 3.8) is 0 Å². The summed E-state index contributed by atoms with van der Waals surface area (Å²) in [6.45, 7) is 3.69. The van der Waals surface area contributed by atoms with Crippen molar-refractivity contribution in [2.24, 2.45) is 4.99 Å². The van der Waals surface area contributed by atoms with Gasteiger partial charge in [0.05, 0.1) is 12.8 Å². The highest BCUT2D eigenvalue weighted by Gasteiger charge is 2.11. The van der Waals surface area contributed by atoms with Crippen molar-refractivity contribution in [3.8, 4) is 16.9 Å². The molecule has 0 N–H and O–H groups in total. The second-order valence-corrected chi connectivity index (χ2v) is 5.45. The lowest BCUT2D eigenvalue weighted by Crippen LogP contribution is -1.98. The third-order valence-electron chi connectivity index (χ3n) is 3.29. The summed E-state index contributed by atoms with van der Waals surface area (Å²) in [5.41, 5.74) is 4.04. The zero-order valence-corrected chi connectivity index (χ0v) is 14.3. The van der Waals surface area contributed by atoms with Crippen molar-refractivity contribution < 1.29 is 4.74 Å². The molecule has 0 heterocycles. The van der Waals surface area contributed by atoms with E-state index >= 15 is 0 Å². The summed E-state index contributed by atoms with van der Waals surface area (Å²) in [5.74, 6) is 0.817. The Morgan fingerprint density at radius 1 is 1.18 bits per heavy atom. The quantitative estimate of drug-likeness (QED) is 0.527. The van der Waals surface area contributed by atoms with Crippen LogP contribution in [-0.2, 0) is 0 Å². The molecule has 0 amide bonds. The first kappa shape index (κ1) is 16.2. The normalized spacial score (nSPS) is 11.7. The Balaban J connectivity index is 2.51. The Hall–Kier alpha value is -2.13. The monoisotopic (exact) mass is 355 g/mol. The van der Waals surface area contributed by atoms with E-state index in [1.54, 1.807) is 20.2 Å². The zero-order valence-electron chi connectivity index (χ0n) is 12.7. The summed E-state index contributed by atoms with van der Waals surface area (Å²) in [6.07, 6.45) is 5.54. The number of aliphatic imine (C=N–C) groups is 1. The molecule has 2 rings (SSSR count). The fraction of sp³-hybridized carbons (Fsp3) is 0.105. The van der Waals surface area contributed by atoms with Gasteiger partial charge in [0.25, 0.3) is 0 Å². The summed E-state index contributed by atoms with van der Waals surface area (Å²) >= 11 is 3.59. The molecular weight excluding hydrogens is 338 g/mol. The lowest BCUT2D eigenvalue weighted by atomic mass is 10.0. The Labute approximate surface area is 140 Å². The van der Waals surface area contributed by atoms with Gasteiger partial charge in [-0.05, 0) is 29.8 Å². The van der Waals surface area contributed by atoms with Crippen LogP contribution in [0, 0.1) is 0 Å². The third-order valence-corrected chi connectivity index (χ3v) is 3.98. The predicted octanol–water partition coefficient (Wildman–Crippen LogP) is 5.29. The number of hydrogen-bond donors (Lipinski definition) is 0. The molecule has 0 atom stereocenters. The lowest BCUT2D eigenvalue weighted by molar-refractivity contribution is 0.416. The minimum atomic E-state index is 0.817. The van der Waals surface area contributed by atoms with Crippen molar-refractivity contribution in [1.29, 1.82) is 0 Å². The fourth-order valence-electron chi connectivity index (χ4n) is 2.21. The van der Waals surface area contributed by atoms with Crippen molar-refractivity contribution >= 4 is 21.6 Å². The van der Waals surface area contributed by atoms with Gasteiger partial charge in [0.2, 0.25) is 0 Å². The summed E-state index contributed by atoms with van der Waals surface area (Å²) in [4.78, 5) is 4.31. The minimum absolute atomic E-state index is 0.817. The standard InChI is InChI=1S/C19H18BrNO/c1-4-5-10-18(21-2)14-11-12-16(19(13-14)22-3)15-8-6-7-9-17(15)20/h4-13H,1H2,2-3H3/b10-5-,21-18+. The van der Waals surface area contributed by atoms with Gasteiger partial charge in [0.1, 0.15) is 5.75 Å². The van der Waals surface area contributed by atoms with Gasteiger partial charge < -0.3 is 4.74 Å². The highest BCUT2D eigenvalue weighted by Crippen LogP contribution is 2.35. The van der Waals surface area contributed by atoms with E-state index in [0.717, 1.165) is 32.6 Å². The van der Waals surface area contributed by atoms with E-state index in [0.29, 0.717) is 0 Å². The van der Waals surface area contributed by atoms with E-state index in [1.807, 2.05) is 42.5 Å². The van der Waals surface area contributed by atoms with E-state index in [4.69, 9.17) is 4.74 Å². The van der Waals surface area contributed by atoms with Gasteiger partial charge in [0.15, 0.2) is 0 Å². The molecule has 0 bridgehead atoms. The molecule has 22 heavy (non-hydrogen) atoms. The number of ether oxygens (including phenoxy) is 1. The van der Waals surface area contributed by atoms with Crippen LogP contribution in [0.2, 0.25) is 0 Å². The molecule has 0 spiro atoms. The maximum Gasteiger partial charge on any atom is 0.127 e. The minimum Gasteiger partial charge on any atom is -0.496 e. The van der Waals surface area contributed by atoms with Crippen LogP contribution in [0.5, 0.6) is 5.75 Å². The van der Waals surface area contributed by atoms with E-state index in [1.165, 1.54) is 0 Å². The number of benzene rings is 2. The lowest BCUT2D eigenvalue weighted by Gasteiger charge is -2.12. The summed E-state index contributed by atoms with van der Waals surface area (Å²) in [6, 6.07) is 14.2. The van der Waals surface area contributed by atoms with Gasteiger partial charge >= 0.3 is 0 Å². The van der Waals surface area contributed by atoms with Crippen LogP contribution >= 0.6 is 15.9 Å². The van der Waals surface area contributed by atoms with Crippen LogP contribution < -0.4 is 4.74 Å². The largest absolute Gasteiger partial charge is 0.496 e. The topological polar surface area (TPSA) is 21.6 Å². The maximum absolute atomic E-state index is 5.57. The van der Waals surface area contributed by atoms with Crippen LogP contribution in [0.25, 0.3) is 11.1 Å². The number of halogens is 1. The summed E-state index contributed by atoms with van der Waals surface area (Å²) < 4.78 is 6.61. The highest BCUT2D eigenvalue weighted by atomic mass is 79.9. The van der Waals surface area contributed by atoms with Gasteiger partial charge in [-0.3, -0.25) is 4.99 Å².